The van der Waals surface area contributed by atoms with Crippen LogP contribution in [0, 0.1) is 0 Å². The van der Waals surface area contributed by atoms with Crippen LogP contribution in [0.4, 0.5) is 5.69 Å². The van der Waals surface area contributed by atoms with Crippen molar-refractivity contribution in [2.75, 3.05) is 23.7 Å². The molecule has 180 valence electrons. The van der Waals surface area contributed by atoms with E-state index in [1.807, 2.05) is 0 Å². The molecular weight excluding hydrogens is 553 g/mol. The molecule has 1 N–H and O–H groups in total. The van der Waals surface area contributed by atoms with Crippen molar-refractivity contribution < 1.29 is 18.0 Å². The van der Waals surface area contributed by atoms with E-state index in [-0.39, 0.29) is 12.5 Å². The van der Waals surface area contributed by atoms with Gasteiger partial charge in [0, 0.05) is 33.2 Å². The van der Waals surface area contributed by atoms with E-state index >= 15 is 0 Å². The third-order valence-electron chi connectivity index (χ3n) is 4.93. The first-order valence-corrected chi connectivity index (χ1v) is 13.6. The zero-order chi connectivity index (χ0) is 24.8. The van der Waals surface area contributed by atoms with E-state index in [1.54, 1.807) is 56.3 Å². The molecule has 2 aromatic carbocycles. The summed E-state index contributed by atoms with van der Waals surface area (Å²) >= 11 is 16.0. The smallest absolute Gasteiger partial charge is 0.244 e. The van der Waals surface area contributed by atoms with Crippen molar-refractivity contribution >= 4 is 66.7 Å². The maximum atomic E-state index is 13.6. The van der Waals surface area contributed by atoms with Crippen molar-refractivity contribution in [2.24, 2.45) is 0 Å². The third kappa shape index (κ3) is 7.09. The van der Waals surface area contributed by atoms with Gasteiger partial charge in [0.2, 0.25) is 21.8 Å². The molecule has 7 nitrogen and oxygen atoms in total. The number of hydrogen-bond acceptors (Lipinski definition) is 4. The fraction of sp³-hybridized carbons (Fsp3) is 0.364. The van der Waals surface area contributed by atoms with E-state index in [0.717, 1.165) is 10.6 Å². The van der Waals surface area contributed by atoms with Gasteiger partial charge in [-0.25, -0.2) is 8.42 Å². The minimum atomic E-state index is -3.82. The van der Waals surface area contributed by atoms with Crippen molar-refractivity contribution in [3.8, 4) is 0 Å². The first-order chi connectivity index (χ1) is 15.5. The number of halogens is 3. The SMILES string of the molecule is CCNC(=O)[C@H](CC)N(Cc1c(Cl)cccc1Cl)C(=O)CN(c1ccccc1Br)S(C)(=O)=O. The summed E-state index contributed by atoms with van der Waals surface area (Å²) in [6.07, 6.45) is 1.34. The number of rotatable bonds is 10. The highest BCUT2D eigenvalue weighted by Crippen LogP contribution is 2.29. The van der Waals surface area contributed by atoms with E-state index < -0.39 is 28.5 Å². The molecule has 0 aliphatic carbocycles. The van der Waals surface area contributed by atoms with Crippen LogP contribution in [0.1, 0.15) is 25.8 Å². The molecule has 0 saturated heterocycles. The van der Waals surface area contributed by atoms with Crippen molar-refractivity contribution in [1.29, 1.82) is 0 Å². The van der Waals surface area contributed by atoms with Gasteiger partial charge in [-0.3, -0.25) is 13.9 Å². The zero-order valence-electron chi connectivity index (χ0n) is 18.5. The van der Waals surface area contributed by atoms with Gasteiger partial charge in [0.15, 0.2) is 0 Å². The van der Waals surface area contributed by atoms with Gasteiger partial charge in [-0.2, -0.15) is 0 Å². The predicted molar refractivity (Wildman–Crippen MR) is 136 cm³/mol. The molecule has 0 saturated carbocycles. The minimum absolute atomic E-state index is 0.0550. The highest BCUT2D eigenvalue weighted by Gasteiger charge is 2.32. The molecule has 0 spiro atoms. The molecule has 11 heteroatoms. The number of benzene rings is 2. The summed E-state index contributed by atoms with van der Waals surface area (Å²) in [5, 5.41) is 3.42. The topological polar surface area (TPSA) is 86.8 Å². The summed E-state index contributed by atoms with van der Waals surface area (Å²) in [5.41, 5.74) is 0.791. The lowest BCUT2D eigenvalue weighted by Gasteiger charge is -2.33. The van der Waals surface area contributed by atoms with Gasteiger partial charge < -0.3 is 10.2 Å². The second kappa shape index (κ2) is 12.1. The number of nitrogens with zero attached hydrogens (tertiary/aromatic N) is 2. The van der Waals surface area contributed by atoms with Crippen LogP contribution in [0.5, 0.6) is 0 Å². The van der Waals surface area contributed by atoms with Crippen LogP contribution in [-0.4, -0.2) is 50.5 Å². The largest absolute Gasteiger partial charge is 0.355 e. The fourth-order valence-corrected chi connectivity index (χ4v) is 5.31. The second-order valence-electron chi connectivity index (χ2n) is 7.26. The van der Waals surface area contributed by atoms with Crippen LogP contribution < -0.4 is 9.62 Å². The van der Waals surface area contributed by atoms with Crippen LogP contribution in [-0.2, 0) is 26.2 Å². The van der Waals surface area contributed by atoms with E-state index in [4.69, 9.17) is 23.2 Å². The Hall–Kier alpha value is -1.81. The monoisotopic (exact) mass is 577 g/mol. The predicted octanol–water partition coefficient (Wildman–Crippen LogP) is 4.47. The Kier molecular flexibility index (Phi) is 10.0. The average molecular weight is 579 g/mol. The summed E-state index contributed by atoms with van der Waals surface area (Å²) < 4.78 is 26.7. The normalized spacial score (nSPS) is 12.2. The molecule has 2 amide bonds. The molecule has 2 aromatic rings. The zero-order valence-corrected chi connectivity index (χ0v) is 22.4. The number of anilines is 1. The van der Waals surface area contributed by atoms with E-state index in [9.17, 15) is 18.0 Å². The standard InChI is InChI=1S/C22H26BrCl2N3O4S/c1-4-19(22(30)26-5-2)27(13-15-17(24)10-8-11-18(15)25)21(29)14-28(33(3,31)32)20-12-7-6-9-16(20)23/h6-12,19H,4-5,13-14H2,1-3H3,(H,26,30)/t19-/m0/s1. The first kappa shape index (κ1) is 27.4. The van der Waals surface area contributed by atoms with E-state index in [1.165, 1.54) is 4.90 Å². The first-order valence-electron chi connectivity index (χ1n) is 10.2. The Morgan fingerprint density at radius 2 is 1.67 bits per heavy atom. The number of hydrogen-bond donors (Lipinski definition) is 1. The van der Waals surface area contributed by atoms with Gasteiger partial charge in [-0.1, -0.05) is 48.3 Å². The van der Waals surface area contributed by atoms with Crippen LogP contribution in [0.2, 0.25) is 10.0 Å². The Labute approximate surface area is 213 Å². The van der Waals surface area contributed by atoms with Crippen LogP contribution in [0.25, 0.3) is 0 Å². The average Bonchev–Trinajstić information content (AvgIpc) is 2.74. The molecule has 0 heterocycles. The number of nitrogens with one attached hydrogen (secondary N) is 1. The number of amides is 2. The Morgan fingerprint density at radius 1 is 1.06 bits per heavy atom. The van der Waals surface area contributed by atoms with Crippen molar-refractivity contribution in [3.63, 3.8) is 0 Å². The lowest BCUT2D eigenvalue weighted by atomic mass is 10.1. The Morgan fingerprint density at radius 3 is 2.18 bits per heavy atom. The molecule has 2 rings (SSSR count). The van der Waals surface area contributed by atoms with Crippen LogP contribution in [0.15, 0.2) is 46.9 Å². The highest BCUT2D eigenvalue weighted by atomic mass is 79.9. The molecule has 0 fully saturated rings. The Balaban J connectivity index is 2.51. The van der Waals surface area contributed by atoms with Gasteiger partial charge in [-0.15, -0.1) is 0 Å². The lowest BCUT2D eigenvalue weighted by Crippen LogP contribution is -2.52. The molecule has 0 bridgehead atoms. The second-order valence-corrected chi connectivity index (χ2v) is 10.8. The van der Waals surface area contributed by atoms with Gasteiger partial charge >= 0.3 is 0 Å². The lowest BCUT2D eigenvalue weighted by molar-refractivity contribution is -0.140. The highest BCUT2D eigenvalue weighted by molar-refractivity contribution is 9.10. The number of likely N-dealkylation sites (N-methyl/N-ethyl adjacent to an activating group) is 1. The number of carbonyl (C=O) groups is 2. The number of carbonyl (C=O) groups excluding carboxylic acids is 2. The van der Waals surface area contributed by atoms with Gasteiger partial charge in [0.1, 0.15) is 12.6 Å². The van der Waals surface area contributed by atoms with E-state index in [0.29, 0.717) is 38.7 Å². The number of para-hydroxylation sites is 1. The molecule has 0 aromatic heterocycles. The maximum absolute atomic E-state index is 13.6. The molecule has 0 aliphatic rings. The van der Waals surface area contributed by atoms with Crippen molar-refractivity contribution in [3.05, 3.63) is 62.5 Å². The van der Waals surface area contributed by atoms with Crippen LogP contribution >= 0.6 is 39.1 Å². The quantitative estimate of drug-likeness (QED) is 0.451. The molecule has 1 atom stereocenters. The summed E-state index contributed by atoms with van der Waals surface area (Å²) in [6.45, 7) is 3.38. The minimum Gasteiger partial charge on any atom is -0.355 e. The summed E-state index contributed by atoms with van der Waals surface area (Å²) in [4.78, 5) is 27.7. The van der Waals surface area contributed by atoms with E-state index in [2.05, 4.69) is 21.2 Å². The van der Waals surface area contributed by atoms with Gasteiger partial charge in [0.05, 0.1) is 11.9 Å². The molecule has 0 unspecified atom stereocenters. The van der Waals surface area contributed by atoms with Crippen molar-refractivity contribution in [2.45, 2.75) is 32.9 Å². The van der Waals surface area contributed by atoms with Gasteiger partial charge in [0.25, 0.3) is 0 Å². The van der Waals surface area contributed by atoms with Gasteiger partial charge in [-0.05, 0) is 53.5 Å². The maximum Gasteiger partial charge on any atom is 0.244 e. The summed E-state index contributed by atoms with van der Waals surface area (Å²) in [6, 6.07) is 10.8. The summed E-state index contributed by atoms with van der Waals surface area (Å²) in [5.74, 6) is -0.909. The van der Waals surface area contributed by atoms with Crippen molar-refractivity contribution in [1.82, 2.24) is 10.2 Å². The molecule has 0 aliphatic heterocycles. The van der Waals surface area contributed by atoms with Crippen LogP contribution in [0.3, 0.4) is 0 Å². The fourth-order valence-electron chi connectivity index (χ4n) is 3.31. The molecular formula is C22H26BrCl2N3O4S. The molecule has 33 heavy (non-hydrogen) atoms. The number of sulfonamides is 1. The third-order valence-corrected chi connectivity index (χ3v) is 7.43. The Bertz CT molecular complexity index is 1090. The summed E-state index contributed by atoms with van der Waals surface area (Å²) in [7, 11) is -3.82. The molecule has 0 radical (unpaired) electrons.